The van der Waals surface area contributed by atoms with Crippen molar-refractivity contribution in [1.82, 2.24) is 19.8 Å². The Bertz CT molecular complexity index is 1190. The molecule has 0 bridgehead atoms. The molecule has 4 rings (SSSR count). The van der Waals surface area contributed by atoms with Gasteiger partial charge >= 0.3 is 6.18 Å². The molecule has 1 amide bonds. The van der Waals surface area contributed by atoms with Crippen LogP contribution in [0.3, 0.4) is 0 Å². The number of halogens is 3. The minimum absolute atomic E-state index is 0.288. The first-order valence-corrected chi connectivity index (χ1v) is 11.2. The number of aliphatic hydroxyl groups excluding tert-OH is 1. The number of carbonyl (C=O) groups excluding carboxylic acids is 1. The van der Waals surface area contributed by atoms with Crippen LogP contribution in [0.5, 0.6) is 5.75 Å². The number of piperidine rings is 1. The van der Waals surface area contributed by atoms with Crippen LogP contribution in [0, 0.1) is 6.92 Å². The van der Waals surface area contributed by atoms with E-state index in [1.54, 1.807) is 35.2 Å². The largest absolute Gasteiger partial charge is 0.495 e. The average Bonchev–Trinajstić information content (AvgIpc) is 3.26. The number of aliphatic hydroxyl groups is 1. The number of imidazole rings is 1. The molecule has 2 N–H and O–H groups in total. The lowest BCUT2D eigenvalue weighted by Gasteiger charge is -2.36. The number of likely N-dealkylation sites (tertiary alicyclic amines) is 1. The van der Waals surface area contributed by atoms with E-state index < -0.39 is 23.9 Å². The van der Waals surface area contributed by atoms with E-state index >= 15 is 0 Å². The highest BCUT2D eigenvalue weighted by molar-refractivity contribution is 5.95. The zero-order valence-corrected chi connectivity index (χ0v) is 19.4. The molecule has 2 aromatic carbocycles. The molecule has 2 atom stereocenters. The second kappa shape index (κ2) is 10.1. The van der Waals surface area contributed by atoms with Crippen LogP contribution in [0.1, 0.15) is 33.6 Å². The van der Waals surface area contributed by atoms with Gasteiger partial charge in [-0.05, 0) is 43.2 Å². The third kappa shape index (κ3) is 5.83. The highest BCUT2D eigenvalue weighted by Gasteiger charge is 2.32. The lowest BCUT2D eigenvalue weighted by Crippen LogP contribution is -2.54. The zero-order valence-electron chi connectivity index (χ0n) is 19.4. The van der Waals surface area contributed by atoms with E-state index in [4.69, 9.17) is 4.74 Å². The molecule has 0 saturated carbocycles. The smallest absolute Gasteiger partial charge is 0.416 e. The fraction of sp³-hybridized carbons (Fsp3) is 0.360. The molecule has 1 aromatic heterocycles. The Balaban J connectivity index is 1.44. The van der Waals surface area contributed by atoms with Crippen molar-refractivity contribution < 1.29 is 27.8 Å². The second-order valence-corrected chi connectivity index (χ2v) is 8.68. The summed E-state index contributed by atoms with van der Waals surface area (Å²) >= 11 is 0. The summed E-state index contributed by atoms with van der Waals surface area (Å²) in [5.74, 6) is 0.118. The van der Waals surface area contributed by atoms with E-state index in [0.29, 0.717) is 36.4 Å². The fourth-order valence-corrected chi connectivity index (χ4v) is 4.23. The minimum Gasteiger partial charge on any atom is -0.495 e. The summed E-state index contributed by atoms with van der Waals surface area (Å²) in [6.07, 6.45) is -1.27. The molecule has 0 spiro atoms. The number of methoxy groups -OCH3 is 1. The van der Waals surface area contributed by atoms with E-state index in [0.717, 1.165) is 23.5 Å². The Hall–Kier alpha value is -3.37. The summed E-state index contributed by atoms with van der Waals surface area (Å²) in [5.41, 5.74) is 1.77. The molecule has 10 heteroatoms. The number of hydrogen-bond donors (Lipinski definition) is 2. The predicted molar refractivity (Wildman–Crippen MR) is 123 cm³/mol. The van der Waals surface area contributed by atoms with Gasteiger partial charge in [0.25, 0.3) is 5.91 Å². The maximum absolute atomic E-state index is 13.0. The van der Waals surface area contributed by atoms with E-state index in [2.05, 4.69) is 10.3 Å². The monoisotopic (exact) mass is 488 g/mol. The van der Waals surface area contributed by atoms with Crippen molar-refractivity contribution in [2.24, 2.45) is 0 Å². The predicted octanol–water partition coefficient (Wildman–Crippen LogP) is 3.57. The van der Waals surface area contributed by atoms with Gasteiger partial charge in [-0.15, -0.1) is 0 Å². The Morgan fingerprint density at radius 2 is 2.06 bits per heavy atom. The molecular weight excluding hydrogens is 461 g/mol. The van der Waals surface area contributed by atoms with Gasteiger partial charge in [0, 0.05) is 31.4 Å². The Kier molecular flexibility index (Phi) is 7.13. The highest BCUT2D eigenvalue weighted by atomic mass is 19.4. The van der Waals surface area contributed by atoms with Gasteiger partial charge in [0.15, 0.2) is 0 Å². The van der Waals surface area contributed by atoms with Crippen LogP contribution in [0.15, 0.2) is 55.0 Å². The van der Waals surface area contributed by atoms with E-state index in [1.165, 1.54) is 13.2 Å². The van der Waals surface area contributed by atoms with Crippen LogP contribution in [0.25, 0.3) is 5.69 Å². The third-order valence-corrected chi connectivity index (χ3v) is 6.07. The van der Waals surface area contributed by atoms with Gasteiger partial charge < -0.3 is 19.7 Å². The first-order chi connectivity index (χ1) is 16.6. The molecule has 0 aliphatic carbocycles. The SMILES string of the molecule is COc1cc(C(=O)NC2CN(Cc3cccc(C(F)(F)F)c3)CCC2O)ccc1-n1cnc(C)c1. The third-order valence-electron chi connectivity index (χ3n) is 6.07. The van der Waals surface area contributed by atoms with E-state index in [1.807, 2.05) is 18.0 Å². The maximum atomic E-state index is 13.0. The molecule has 7 nitrogen and oxygen atoms in total. The number of nitrogens with one attached hydrogen (secondary N) is 1. The highest BCUT2D eigenvalue weighted by Crippen LogP contribution is 2.30. The number of amides is 1. The lowest BCUT2D eigenvalue weighted by atomic mass is 10.0. The van der Waals surface area contributed by atoms with Crippen molar-refractivity contribution in [2.45, 2.75) is 38.2 Å². The summed E-state index contributed by atoms with van der Waals surface area (Å²) in [4.78, 5) is 19.1. The van der Waals surface area contributed by atoms with Crippen molar-refractivity contribution in [2.75, 3.05) is 20.2 Å². The van der Waals surface area contributed by atoms with E-state index in [-0.39, 0.29) is 12.5 Å². The normalized spacial score (nSPS) is 18.9. The van der Waals surface area contributed by atoms with Crippen LogP contribution >= 0.6 is 0 Å². The number of ether oxygens (including phenoxy) is 1. The van der Waals surface area contributed by atoms with Crippen LogP contribution < -0.4 is 10.1 Å². The van der Waals surface area contributed by atoms with Gasteiger partial charge in [-0.25, -0.2) is 4.98 Å². The van der Waals surface area contributed by atoms with Gasteiger partial charge in [-0.3, -0.25) is 9.69 Å². The van der Waals surface area contributed by atoms with Crippen LogP contribution in [-0.2, 0) is 12.7 Å². The molecule has 0 radical (unpaired) electrons. The molecule has 2 heterocycles. The average molecular weight is 489 g/mol. The Morgan fingerprint density at radius 3 is 2.74 bits per heavy atom. The molecule has 186 valence electrons. The maximum Gasteiger partial charge on any atom is 0.416 e. The molecule has 35 heavy (non-hydrogen) atoms. The number of rotatable bonds is 6. The molecule has 2 unspecified atom stereocenters. The second-order valence-electron chi connectivity index (χ2n) is 8.68. The molecule has 1 fully saturated rings. The summed E-state index contributed by atoms with van der Waals surface area (Å²) in [6.45, 7) is 2.98. The lowest BCUT2D eigenvalue weighted by molar-refractivity contribution is -0.137. The standard InChI is InChI=1S/C25H27F3N4O3/c1-16-12-32(15-29-16)21-7-6-18(11-23(21)35-2)24(34)30-20-14-31(9-8-22(20)33)13-17-4-3-5-19(10-17)25(26,27)28/h3-7,10-12,15,20,22,33H,8-9,13-14H2,1-2H3,(H,30,34). The summed E-state index contributed by atoms with van der Waals surface area (Å²) in [6, 6.07) is 9.68. The van der Waals surface area contributed by atoms with Crippen molar-refractivity contribution in [3.8, 4) is 11.4 Å². The molecular formula is C25H27F3N4O3. The van der Waals surface area contributed by atoms with Gasteiger partial charge in [-0.2, -0.15) is 13.2 Å². The first kappa shape index (κ1) is 24.7. The van der Waals surface area contributed by atoms with Crippen molar-refractivity contribution in [1.29, 1.82) is 0 Å². The minimum atomic E-state index is -4.40. The first-order valence-electron chi connectivity index (χ1n) is 11.2. The van der Waals surface area contributed by atoms with Crippen molar-refractivity contribution in [3.63, 3.8) is 0 Å². The topological polar surface area (TPSA) is 79.6 Å². The van der Waals surface area contributed by atoms with Crippen molar-refractivity contribution in [3.05, 3.63) is 77.4 Å². The summed E-state index contributed by atoms with van der Waals surface area (Å²) in [5, 5.41) is 13.3. The number of benzene rings is 2. The summed E-state index contributed by atoms with van der Waals surface area (Å²) in [7, 11) is 1.51. The van der Waals surface area contributed by atoms with Gasteiger partial charge in [0.05, 0.1) is 42.5 Å². The van der Waals surface area contributed by atoms with Crippen LogP contribution in [0.4, 0.5) is 13.2 Å². The summed E-state index contributed by atoms with van der Waals surface area (Å²) < 4.78 is 46.4. The molecule has 1 aliphatic rings. The van der Waals surface area contributed by atoms with Crippen LogP contribution in [-0.4, -0.2) is 57.8 Å². The fourth-order valence-electron chi connectivity index (χ4n) is 4.23. The number of alkyl halides is 3. The van der Waals surface area contributed by atoms with Gasteiger partial charge in [0.1, 0.15) is 5.75 Å². The number of aromatic nitrogens is 2. The van der Waals surface area contributed by atoms with Gasteiger partial charge in [0.2, 0.25) is 0 Å². The Labute approximate surface area is 201 Å². The van der Waals surface area contributed by atoms with Crippen molar-refractivity contribution >= 4 is 5.91 Å². The molecule has 1 aliphatic heterocycles. The molecule has 3 aromatic rings. The van der Waals surface area contributed by atoms with Gasteiger partial charge in [-0.1, -0.05) is 18.2 Å². The zero-order chi connectivity index (χ0) is 25.2. The number of nitrogens with zero attached hydrogens (tertiary/aromatic N) is 3. The van der Waals surface area contributed by atoms with E-state index in [9.17, 15) is 23.1 Å². The number of carbonyl (C=O) groups is 1. The quantitative estimate of drug-likeness (QED) is 0.555. The molecule has 1 saturated heterocycles. The van der Waals surface area contributed by atoms with Crippen LogP contribution in [0.2, 0.25) is 0 Å². The number of hydrogen-bond acceptors (Lipinski definition) is 5. The number of aryl methyl sites for hydroxylation is 1. The Morgan fingerprint density at radius 1 is 1.26 bits per heavy atom.